The van der Waals surface area contributed by atoms with E-state index in [9.17, 15) is 4.79 Å². The Bertz CT molecular complexity index is 581. The molecular weight excluding hydrogens is 260 g/mol. The molecule has 1 aliphatic rings. The van der Waals surface area contributed by atoms with Crippen LogP contribution in [0.5, 0.6) is 0 Å². The lowest BCUT2D eigenvalue weighted by atomic mass is 10.1. The van der Waals surface area contributed by atoms with Crippen LogP contribution in [0.15, 0.2) is 24.3 Å². The third-order valence-corrected chi connectivity index (χ3v) is 4.02. The topological polar surface area (TPSA) is 51.2 Å². The van der Waals surface area contributed by atoms with Gasteiger partial charge in [-0.15, -0.1) is 0 Å². The molecule has 0 spiro atoms. The number of amides is 1. The lowest BCUT2D eigenvalue weighted by Crippen LogP contribution is -2.11. The predicted octanol–water partition coefficient (Wildman–Crippen LogP) is 2.78. The van der Waals surface area contributed by atoms with Gasteiger partial charge in [0, 0.05) is 12.0 Å². The van der Waals surface area contributed by atoms with Gasteiger partial charge in [-0.2, -0.15) is 0 Å². The second-order valence-corrected chi connectivity index (χ2v) is 5.60. The first-order valence-electron chi connectivity index (χ1n) is 6.17. The average Bonchev–Trinajstić information content (AvgIpc) is 2.81. The number of ether oxygens (including phenoxy) is 1. The molecule has 2 heterocycles. The molecule has 0 fully saturated rings. The number of nitrogens with one attached hydrogen (secondary N) is 1. The summed E-state index contributed by atoms with van der Waals surface area (Å²) in [7, 11) is 0. The number of aryl methyl sites for hydroxylation is 1. The van der Waals surface area contributed by atoms with Crippen molar-refractivity contribution in [1.29, 1.82) is 0 Å². The predicted molar refractivity (Wildman–Crippen MR) is 74.6 cm³/mol. The van der Waals surface area contributed by atoms with Crippen LogP contribution in [0.25, 0.3) is 0 Å². The smallest absolute Gasteiger partial charge is 0.257 e. The summed E-state index contributed by atoms with van der Waals surface area (Å²) in [6, 6.07) is 7.49. The summed E-state index contributed by atoms with van der Waals surface area (Å²) in [4.78, 5) is 17.6. The van der Waals surface area contributed by atoms with Crippen molar-refractivity contribution in [2.75, 3.05) is 11.9 Å². The number of hydrogen-bond donors (Lipinski definition) is 1. The van der Waals surface area contributed by atoms with Gasteiger partial charge in [0.05, 0.1) is 23.8 Å². The van der Waals surface area contributed by atoms with Gasteiger partial charge in [-0.05, 0) is 19.1 Å². The van der Waals surface area contributed by atoms with Gasteiger partial charge >= 0.3 is 0 Å². The minimum Gasteiger partial charge on any atom is -0.375 e. The molecule has 1 aliphatic heterocycles. The van der Waals surface area contributed by atoms with E-state index in [0.717, 1.165) is 22.6 Å². The third kappa shape index (κ3) is 2.67. The van der Waals surface area contributed by atoms with Crippen molar-refractivity contribution in [3.8, 4) is 0 Å². The molecule has 19 heavy (non-hydrogen) atoms. The fourth-order valence-electron chi connectivity index (χ4n) is 1.95. The van der Waals surface area contributed by atoms with Crippen LogP contribution in [0.2, 0.25) is 0 Å². The molecule has 0 unspecified atom stereocenters. The Morgan fingerprint density at radius 2 is 2.16 bits per heavy atom. The highest BCUT2D eigenvalue weighted by Gasteiger charge is 2.17. The number of thiazole rings is 1. The Labute approximate surface area is 115 Å². The molecule has 4 nitrogen and oxygen atoms in total. The van der Waals surface area contributed by atoms with Gasteiger partial charge in [0.25, 0.3) is 5.91 Å². The highest BCUT2D eigenvalue weighted by atomic mass is 32.1. The van der Waals surface area contributed by atoms with Crippen LogP contribution in [0.1, 0.15) is 26.5 Å². The summed E-state index contributed by atoms with van der Waals surface area (Å²) >= 11 is 1.49. The first-order valence-corrected chi connectivity index (χ1v) is 6.98. The maximum Gasteiger partial charge on any atom is 0.257 e. The SMILES string of the molecule is Cc1ccc(C(=O)Nc2nc3c(s2)COCC3)cc1. The molecule has 0 atom stereocenters. The Morgan fingerprint density at radius 3 is 2.89 bits per heavy atom. The number of nitrogens with zero attached hydrogens (tertiary/aromatic N) is 1. The van der Waals surface area contributed by atoms with Crippen LogP contribution in [0.4, 0.5) is 5.13 Å². The fraction of sp³-hybridized carbons (Fsp3) is 0.286. The van der Waals surface area contributed by atoms with E-state index >= 15 is 0 Å². The first-order chi connectivity index (χ1) is 9.22. The summed E-state index contributed by atoms with van der Waals surface area (Å²) in [5.41, 5.74) is 2.84. The van der Waals surface area contributed by atoms with Crippen molar-refractivity contribution in [3.05, 3.63) is 46.0 Å². The molecule has 0 saturated heterocycles. The first kappa shape index (κ1) is 12.3. The quantitative estimate of drug-likeness (QED) is 0.916. The van der Waals surface area contributed by atoms with Crippen molar-refractivity contribution in [3.63, 3.8) is 0 Å². The van der Waals surface area contributed by atoms with E-state index in [-0.39, 0.29) is 5.91 Å². The molecular formula is C14H14N2O2S. The zero-order valence-electron chi connectivity index (χ0n) is 10.6. The van der Waals surface area contributed by atoms with E-state index in [4.69, 9.17) is 4.74 Å². The van der Waals surface area contributed by atoms with Gasteiger partial charge in [-0.3, -0.25) is 10.1 Å². The van der Waals surface area contributed by atoms with Crippen LogP contribution >= 0.6 is 11.3 Å². The van der Waals surface area contributed by atoms with Crippen molar-refractivity contribution in [2.45, 2.75) is 20.0 Å². The van der Waals surface area contributed by atoms with Crippen LogP contribution < -0.4 is 5.32 Å². The molecule has 1 N–H and O–H groups in total. The largest absolute Gasteiger partial charge is 0.375 e. The van der Waals surface area contributed by atoms with Crippen LogP contribution in [-0.4, -0.2) is 17.5 Å². The normalized spacial score (nSPS) is 13.9. The average molecular weight is 274 g/mol. The molecule has 0 radical (unpaired) electrons. The number of aromatic nitrogens is 1. The minimum absolute atomic E-state index is 0.119. The Morgan fingerprint density at radius 1 is 1.37 bits per heavy atom. The van der Waals surface area contributed by atoms with E-state index in [1.165, 1.54) is 11.3 Å². The number of fused-ring (bicyclic) bond motifs is 1. The standard InChI is InChI=1S/C14H14N2O2S/c1-9-2-4-10(5-3-9)13(17)16-14-15-11-6-7-18-8-12(11)19-14/h2-5H,6-8H2,1H3,(H,15,16,17). The van der Waals surface area contributed by atoms with Crippen LogP contribution in [-0.2, 0) is 17.8 Å². The van der Waals surface area contributed by atoms with E-state index < -0.39 is 0 Å². The lowest BCUT2D eigenvalue weighted by molar-refractivity contribution is 0.102. The molecule has 0 saturated carbocycles. The molecule has 2 aromatic rings. The molecule has 1 aromatic carbocycles. The van der Waals surface area contributed by atoms with Crippen molar-refractivity contribution in [1.82, 2.24) is 4.98 Å². The minimum atomic E-state index is -0.119. The number of benzene rings is 1. The number of rotatable bonds is 2. The highest BCUT2D eigenvalue weighted by molar-refractivity contribution is 7.15. The van der Waals surface area contributed by atoms with Crippen molar-refractivity contribution in [2.24, 2.45) is 0 Å². The zero-order valence-corrected chi connectivity index (χ0v) is 11.4. The van der Waals surface area contributed by atoms with Gasteiger partial charge in [0.15, 0.2) is 5.13 Å². The van der Waals surface area contributed by atoms with Gasteiger partial charge < -0.3 is 4.74 Å². The molecule has 1 amide bonds. The molecule has 3 rings (SSSR count). The molecule has 98 valence electrons. The maximum absolute atomic E-state index is 12.1. The Hall–Kier alpha value is -1.72. The highest BCUT2D eigenvalue weighted by Crippen LogP contribution is 2.27. The van der Waals surface area contributed by atoms with E-state index in [2.05, 4.69) is 10.3 Å². The maximum atomic E-state index is 12.1. The summed E-state index contributed by atoms with van der Waals surface area (Å²) < 4.78 is 5.37. The lowest BCUT2D eigenvalue weighted by Gasteiger charge is -2.08. The molecule has 1 aromatic heterocycles. The third-order valence-electron chi connectivity index (χ3n) is 3.03. The number of anilines is 1. The summed E-state index contributed by atoms with van der Waals surface area (Å²) in [5, 5.41) is 3.50. The van der Waals surface area contributed by atoms with Gasteiger partial charge in [0.1, 0.15) is 0 Å². The fourth-order valence-corrected chi connectivity index (χ4v) is 2.89. The number of carbonyl (C=O) groups is 1. The summed E-state index contributed by atoms with van der Waals surface area (Å²) in [6.07, 6.45) is 0.826. The Balaban J connectivity index is 1.75. The number of hydrogen-bond acceptors (Lipinski definition) is 4. The van der Waals surface area contributed by atoms with Crippen LogP contribution in [0.3, 0.4) is 0 Å². The monoisotopic (exact) mass is 274 g/mol. The van der Waals surface area contributed by atoms with E-state index in [0.29, 0.717) is 23.9 Å². The van der Waals surface area contributed by atoms with Gasteiger partial charge in [-0.1, -0.05) is 29.0 Å². The Kier molecular flexibility index (Phi) is 3.31. The second kappa shape index (κ2) is 5.11. The summed E-state index contributed by atoms with van der Waals surface area (Å²) in [6.45, 7) is 3.31. The van der Waals surface area contributed by atoms with Crippen molar-refractivity contribution < 1.29 is 9.53 Å². The number of carbonyl (C=O) groups excluding carboxylic acids is 1. The zero-order chi connectivity index (χ0) is 13.2. The molecule has 0 aliphatic carbocycles. The molecule has 0 bridgehead atoms. The van der Waals surface area contributed by atoms with E-state index in [1.807, 2.05) is 31.2 Å². The molecule has 5 heteroatoms. The van der Waals surface area contributed by atoms with Crippen LogP contribution in [0, 0.1) is 6.92 Å². The second-order valence-electron chi connectivity index (χ2n) is 4.51. The van der Waals surface area contributed by atoms with Gasteiger partial charge in [0.2, 0.25) is 0 Å². The summed E-state index contributed by atoms with van der Waals surface area (Å²) in [5.74, 6) is -0.119. The van der Waals surface area contributed by atoms with Gasteiger partial charge in [-0.25, -0.2) is 4.98 Å². The van der Waals surface area contributed by atoms with E-state index in [1.54, 1.807) is 0 Å². The van der Waals surface area contributed by atoms with Crippen molar-refractivity contribution >= 4 is 22.4 Å².